The Morgan fingerprint density at radius 3 is 2.47 bits per heavy atom. The van der Waals surface area contributed by atoms with Gasteiger partial charge in [0.05, 0.1) is 29.6 Å². The molecule has 0 saturated heterocycles. The van der Waals surface area contributed by atoms with Crippen LogP contribution in [0, 0.1) is 0 Å². The third-order valence-electron chi connectivity index (χ3n) is 4.15. The topological polar surface area (TPSA) is 110 Å². The highest BCUT2D eigenvalue weighted by atomic mass is 35.5. The molecule has 0 fully saturated rings. The Bertz CT molecular complexity index is 1200. The molecule has 8 nitrogen and oxygen atoms in total. The molecule has 11 heteroatoms. The Morgan fingerprint density at radius 1 is 1.07 bits per heavy atom. The first-order chi connectivity index (χ1) is 14.2. The minimum Gasteiger partial charge on any atom is -0.495 e. The first-order valence-electron chi connectivity index (χ1n) is 8.72. The minimum atomic E-state index is -2.79. The van der Waals surface area contributed by atoms with Gasteiger partial charge in [-0.25, -0.2) is 13.4 Å². The van der Waals surface area contributed by atoms with Gasteiger partial charge in [0.15, 0.2) is 16.5 Å². The smallest absolute Gasteiger partial charge is 0.229 e. The summed E-state index contributed by atoms with van der Waals surface area (Å²) in [6.45, 7) is 3.37. The molecule has 0 aliphatic carbocycles. The standard InChI is InChI=1S/C19H20ClN4O4PS/c1-28-16-10-12(29(2,3)25)8-9-14(16)23-19-21-11-13(20)18(24-19)22-15-6-4-5-7-17(15)30(26)27/h4-11,30H,1-3H3,(H2,21,22,23,24). The van der Waals surface area contributed by atoms with E-state index in [1.165, 1.54) is 19.4 Å². The zero-order chi connectivity index (χ0) is 21.9. The summed E-state index contributed by atoms with van der Waals surface area (Å²) < 4.78 is 40.6. The van der Waals surface area contributed by atoms with Gasteiger partial charge in [-0.1, -0.05) is 23.7 Å². The van der Waals surface area contributed by atoms with Crippen LogP contribution in [0.3, 0.4) is 0 Å². The van der Waals surface area contributed by atoms with E-state index >= 15 is 0 Å². The number of nitrogens with zero attached hydrogens (tertiary/aromatic N) is 2. The fraction of sp³-hybridized carbons (Fsp3) is 0.158. The number of nitrogens with one attached hydrogen (secondary N) is 2. The number of rotatable bonds is 7. The molecule has 0 unspecified atom stereocenters. The molecule has 3 aromatic rings. The third kappa shape index (κ3) is 5.11. The minimum absolute atomic E-state index is 0.123. The van der Waals surface area contributed by atoms with Gasteiger partial charge in [-0.15, -0.1) is 0 Å². The van der Waals surface area contributed by atoms with E-state index in [0.29, 0.717) is 22.4 Å². The molecule has 1 heterocycles. The predicted molar refractivity (Wildman–Crippen MR) is 121 cm³/mol. The number of halogens is 1. The summed E-state index contributed by atoms with van der Waals surface area (Å²) in [7, 11) is -3.72. The van der Waals surface area contributed by atoms with Gasteiger partial charge in [0.25, 0.3) is 0 Å². The van der Waals surface area contributed by atoms with E-state index in [0.717, 1.165) is 0 Å². The number of ether oxygens (including phenoxy) is 1. The molecule has 0 spiro atoms. The molecule has 0 aliphatic heterocycles. The van der Waals surface area contributed by atoms with E-state index in [4.69, 9.17) is 16.3 Å². The lowest BCUT2D eigenvalue weighted by Crippen LogP contribution is -2.07. The van der Waals surface area contributed by atoms with Crippen LogP contribution < -0.4 is 20.7 Å². The number of para-hydroxylation sites is 1. The van der Waals surface area contributed by atoms with E-state index in [-0.39, 0.29) is 21.7 Å². The maximum atomic E-state index is 12.3. The van der Waals surface area contributed by atoms with Gasteiger partial charge in [-0.2, -0.15) is 4.98 Å². The van der Waals surface area contributed by atoms with Crippen LogP contribution in [0.15, 0.2) is 53.6 Å². The fourth-order valence-corrected chi connectivity index (χ4v) is 4.15. The van der Waals surface area contributed by atoms with Gasteiger partial charge < -0.3 is 19.9 Å². The maximum absolute atomic E-state index is 12.3. The molecule has 2 N–H and O–H groups in total. The number of thiol groups is 1. The average Bonchev–Trinajstić information content (AvgIpc) is 2.70. The number of benzene rings is 2. The largest absolute Gasteiger partial charge is 0.495 e. The average molecular weight is 467 g/mol. The molecule has 0 aliphatic rings. The van der Waals surface area contributed by atoms with Crippen molar-refractivity contribution < 1.29 is 17.7 Å². The highest BCUT2D eigenvalue weighted by Crippen LogP contribution is 2.38. The van der Waals surface area contributed by atoms with Crippen LogP contribution in [0.2, 0.25) is 5.02 Å². The molecular formula is C19H20ClN4O4PS. The van der Waals surface area contributed by atoms with Crippen LogP contribution in [-0.2, 0) is 15.3 Å². The van der Waals surface area contributed by atoms with Crippen molar-refractivity contribution in [3.05, 3.63) is 53.7 Å². The SMILES string of the molecule is COc1cc(P(C)(C)=O)ccc1Nc1ncc(Cl)c(Nc2ccccc2[SH](=O)=O)n1. The zero-order valence-electron chi connectivity index (χ0n) is 16.4. The molecule has 30 heavy (non-hydrogen) atoms. The lowest BCUT2D eigenvalue weighted by atomic mass is 10.3. The Hall–Kier alpha value is -2.61. The number of aromatic nitrogens is 2. The van der Waals surface area contributed by atoms with Crippen LogP contribution in [0.25, 0.3) is 0 Å². The Morgan fingerprint density at radius 2 is 1.80 bits per heavy atom. The van der Waals surface area contributed by atoms with Crippen molar-refractivity contribution in [2.45, 2.75) is 4.90 Å². The van der Waals surface area contributed by atoms with Gasteiger partial charge in [0.2, 0.25) is 5.95 Å². The van der Waals surface area contributed by atoms with Gasteiger partial charge >= 0.3 is 0 Å². The van der Waals surface area contributed by atoms with Gasteiger partial charge in [-0.3, -0.25) is 0 Å². The molecule has 0 bridgehead atoms. The predicted octanol–water partition coefficient (Wildman–Crippen LogP) is 3.84. The number of hydrogen-bond donors (Lipinski definition) is 3. The zero-order valence-corrected chi connectivity index (χ0v) is 19.0. The van der Waals surface area contributed by atoms with Crippen molar-refractivity contribution in [2.75, 3.05) is 31.1 Å². The van der Waals surface area contributed by atoms with Gasteiger partial charge in [0, 0.05) is 5.30 Å². The van der Waals surface area contributed by atoms with Crippen molar-refractivity contribution in [1.82, 2.24) is 9.97 Å². The summed E-state index contributed by atoms with van der Waals surface area (Å²) in [4.78, 5) is 8.62. The first kappa shape index (κ1) is 22.1. The Balaban J connectivity index is 1.92. The van der Waals surface area contributed by atoms with Crippen LogP contribution in [0.4, 0.5) is 23.1 Å². The van der Waals surface area contributed by atoms with Crippen LogP contribution >= 0.6 is 18.7 Å². The van der Waals surface area contributed by atoms with Crippen molar-refractivity contribution in [3.63, 3.8) is 0 Å². The van der Waals surface area contributed by atoms with E-state index in [2.05, 4.69) is 20.6 Å². The second-order valence-corrected chi connectivity index (χ2v) is 11.3. The van der Waals surface area contributed by atoms with Crippen molar-refractivity contribution >= 4 is 57.9 Å². The molecular weight excluding hydrogens is 447 g/mol. The molecule has 2 aromatic carbocycles. The van der Waals surface area contributed by atoms with Crippen molar-refractivity contribution in [1.29, 1.82) is 0 Å². The lowest BCUT2D eigenvalue weighted by molar-refractivity contribution is 0.417. The molecule has 0 amide bonds. The fourth-order valence-electron chi connectivity index (χ4n) is 2.62. The van der Waals surface area contributed by atoms with E-state index in [1.54, 1.807) is 49.7 Å². The van der Waals surface area contributed by atoms with Crippen LogP contribution in [0.5, 0.6) is 5.75 Å². The highest BCUT2D eigenvalue weighted by Gasteiger charge is 2.15. The Kier molecular flexibility index (Phi) is 6.65. The molecule has 1 aromatic heterocycles. The second-order valence-electron chi connectivity index (χ2n) is 6.65. The molecule has 0 radical (unpaired) electrons. The summed E-state index contributed by atoms with van der Waals surface area (Å²) in [5.41, 5.74) is 0.926. The Labute approximate surface area is 181 Å². The summed E-state index contributed by atoms with van der Waals surface area (Å²) in [5.74, 6) is 0.937. The second kappa shape index (κ2) is 9.04. The van der Waals surface area contributed by atoms with Crippen molar-refractivity contribution in [2.24, 2.45) is 0 Å². The van der Waals surface area contributed by atoms with Crippen molar-refractivity contribution in [3.8, 4) is 5.75 Å². The van der Waals surface area contributed by atoms with E-state index in [9.17, 15) is 13.0 Å². The first-order valence-corrected chi connectivity index (χ1v) is 12.9. The summed E-state index contributed by atoms with van der Waals surface area (Å²) in [6, 6.07) is 11.6. The monoisotopic (exact) mass is 466 g/mol. The summed E-state index contributed by atoms with van der Waals surface area (Å²) >= 11 is 6.19. The normalized spacial score (nSPS) is 11.4. The van der Waals surface area contributed by atoms with Crippen LogP contribution in [0.1, 0.15) is 0 Å². The van der Waals surface area contributed by atoms with Crippen LogP contribution in [-0.4, -0.2) is 38.8 Å². The number of methoxy groups -OCH3 is 1. The number of hydrogen-bond acceptors (Lipinski definition) is 8. The van der Waals surface area contributed by atoms with Gasteiger partial charge in [0.1, 0.15) is 17.9 Å². The summed E-state index contributed by atoms with van der Waals surface area (Å²) in [6.07, 6.45) is 1.40. The lowest BCUT2D eigenvalue weighted by Gasteiger charge is -2.15. The maximum Gasteiger partial charge on any atom is 0.229 e. The highest BCUT2D eigenvalue weighted by molar-refractivity contribution is 7.72. The van der Waals surface area contributed by atoms with E-state index in [1.807, 2.05) is 0 Å². The quantitative estimate of drug-likeness (QED) is 0.356. The number of anilines is 4. The summed E-state index contributed by atoms with van der Waals surface area (Å²) in [5, 5.41) is 6.88. The molecule has 158 valence electrons. The molecule has 0 saturated carbocycles. The molecule has 3 rings (SSSR count). The molecule has 0 atom stereocenters. The van der Waals surface area contributed by atoms with E-state index < -0.39 is 17.8 Å². The third-order valence-corrected chi connectivity index (χ3v) is 6.73. The van der Waals surface area contributed by atoms with Gasteiger partial charge in [-0.05, 0) is 43.7 Å².